The first-order valence-corrected chi connectivity index (χ1v) is 10.1. The fourth-order valence-corrected chi connectivity index (χ4v) is 3.52. The summed E-state index contributed by atoms with van der Waals surface area (Å²) in [6.45, 7) is 0.526. The van der Waals surface area contributed by atoms with E-state index in [0.717, 1.165) is 11.1 Å². The van der Waals surface area contributed by atoms with Crippen LogP contribution in [0.1, 0.15) is 11.1 Å². The van der Waals surface area contributed by atoms with Gasteiger partial charge in [0.25, 0.3) is 0 Å². The lowest BCUT2D eigenvalue weighted by Crippen LogP contribution is -2.28. The van der Waals surface area contributed by atoms with E-state index in [1.165, 1.54) is 12.1 Å². The van der Waals surface area contributed by atoms with Crippen LogP contribution in [0.2, 0.25) is 0 Å². The van der Waals surface area contributed by atoms with Crippen molar-refractivity contribution in [2.75, 3.05) is 5.32 Å². The zero-order valence-electron chi connectivity index (χ0n) is 15.0. The highest BCUT2D eigenvalue weighted by Crippen LogP contribution is 2.16. The van der Waals surface area contributed by atoms with Gasteiger partial charge in [-0.2, -0.15) is 0 Å². The van der Waals surface area contributed by atoms with Crippen LogP contribution in [0, 0.1) is 0 Å². The van der Waals surface area contributed by atoms with Crippen molar-refractivity contribution in [3.8, 4) is 0 Å². The van der Waals surface area contributed by atoms with E-state index in [2.05, 4.69) is 20.3 Å². The molecule has 28 heavy (non-hydrogen) atoms. The fourth-order valence-electron chi connectivity index (χ4n) is 2.46. The van der Waals surface area contributed by atoms with E-state index in [1.54, 1.807) is 36.7 Å². The monoisotopic (exact) mass is 396 g/mol. The van der Waals surface area contributed by atoms with Gasteiger partial charge in [0.2, 0.25) is 10.0 Å². The first-order chi connectivity index (χ1) is 13.5. The summed E-state index contributed by atoms with van der Waals surface area (Å²) in [5, 5.41) is 5.35. The first-order valence-electron chi connectivity index (χ1n) is 8.60. The number of aromatic nitrogens is 1. The highest BCUT2D eigenvalue weighted by Gasteiger charge is 2.14. The normalized spacial score (nSPS) is 11.0. The maximum atomic E-state index is 12.5. The molecule has 7 nitrogen and oxygen atoms in total. The molecule has 3 aromatic rings. The van der Waals surface area contributed by atoms with Gasteiger partial charge in [-0.05, 0) is 41.5 Å². The van der Waals surface area contributed by atoms with Crippen molar-refractivity contribution in [1.82, 2.24) is 15.0 Å². The van der Waals surface area contributed by atoms with E-state index in [0.29, 0.717) is 12.2 Å². The number of nitrogens with zero attached hydrogens (tertiary/aromatic N) is 1. The number of sulfonamides is 1. The molecule has 0 aliphatic heterocycles. The summed E-state index contributed by atoms with van der Waals surface area (Å²) in [6.07, 6.45) is 3.29. The SMILES string of the molecule is O=C(NCc1ccncc1)Nc1cccc(S(=O)(=O)NCc2ccccc2)c1. The van der Waals surface area contributed by atoms with Gasteiger partial charge >= 0.3 is 6.03 Å². The molecule has 1 aromatic heterocycles. The van der Waals surface area contributed by atoms with Gasteiger partial charge < -0.3 is 10.6 Å². The van der Waals surface area contributed by atoms with Crippen molar-refractivity contribution in [2.24, 2.45) is 0 Å². The van der Waals surface area contributed by atoms with Gasteiger partial charge in [-0.3, -0.25) is 4.98 Å². The molecule has 0 spiro atoms. The van der Waals surface area contributed by atoms with E-state index in [1.807, 2.05) is 30.3 Å². The molecule has 0 saturated carbocycles. The summed E-state index contributed by atoms with van der Waals surface area (Å²) >= 11 is 0. The van der Waals surface area contributed by atoms with Crippen LogP contribution >= 0.6 is 0 Å². The van der Waals surface area contributed by atoms with Crippen molar-refractivity contribution in [1.29, 1.82) is 0 Å². The number of anilines is 1. The molecule has 8 heteroatoms. The zero-order valence-corrected chi connectivity index (χ0v) is 15.8. The minimum atomic E-state index is -3.70. The number of hydrogen-bond donors (Lipinski definition) is 3. The molecule has 2 amide bonds. The second kappa shape index (κ2) is 9.12. The molecule has 3 rings (SSSR count). The minimum Gasteiger partial charge on any atom is -0.334 e. The number of hydrogen-bond acceptors (Lipinski definition) is 4. The first kappa shape index (κ1) is 19.5. The molecule has 0 aliphatic carbocycles. The molecule has 0 bridgehead atoms. The van der Waals surface area contributed by atoms with Gasteiger partial charge in [0.15, 0.2) is 0 Å². The third-order valence-corrected chi connectivity index (χ3v) is 5.31. The fraction of sp³-hybridized carbons (Fsp3) is 0.100. The Hall–Kier alpha value is -3.23. The molecular weight excluding hydrogens is 376 g/mol. The molecule has 0 fully saturated rings. The Balaban J connectivity index is 1.60. The summed E-state index contributed by atoms with van der Waals surface area (Å²) < 4.78 is 27.6. The number of nitrogens with one attached hydrogen (secondary N) is 3. The summed E-state index contributed by atoms with van der Waals surface area (Å²) in [6, 6.07) is 18.5. The minimum absolute atomic E-state index is 0.0790. The van der Waals surface area contributed by atoms with Crippen LogP contribution in [0.15, 0.2) is 84.0 Å². The molecule has 0 aliphatic rings. The van der Waals surface area contributed by atoms with Crippen LogP contribution in [0.4, 0.5) is 10.5 Å². The van der Waals surface area contributed by atoms with Gasteiger partial charge in [0, 0.05) is 31.2 Å². The van der Waals surface area contributed by atoms with Crippen molar-refractivity contribution in [2.45, 2.75) is 18.0 Å². The van der Waals surface area contributed by atoms with E-state index >= 15 is 0 Å². The molecule has 0 saturated heterocycles. The predicted octanol–water partition coefficient (Wildman–Crippen LogP) is 2.88. The average molecular weight is 396 g/mol. The summed E-state index contributed by atoms with van der Waals surface area (Å²) in [5.41, 5.74) is 2.15. The number of carbonyl (C=O) groups excluding carboxylic acids is 1. The number of benzene rings is 2. The second-order valence-electron chi connectivity index (χ2n) is 6.00. The van der Waals surface area contributed by atoms with Crippen LogP contribution in [-0.4, -0.2) is 19.4 Å². The quantitative estimate of drug-likeness (QED) is 0.572. The molecular formula is C20H20N4O3S. The molecule has 0 radical (unpaired) electrons. The number of rotatable bonds is 7. The number of amides is 2. The number of urea groups is 1. The third-order valence-electron chi connectivity index (χ3n) is 3.91. The summed E-state index contributed by atoms with van der Waals surface area (Å²) in [5.74, 6) is 0. The van der Waals surface area contributed by atoms with Crippen LogP contribution in [-0.2, 0) is 23.1 Å². The highest BCUT2D eigenvalue weighted by molar-refractivity contribution is 7.89. The second-order valence-corrected chi connectivity index (χ2v) is 7.77. The highest BCUT2D eigenvalue weighted by atomic mass is 32.2. The molecule has 2 aromatic carbocycles. The topological polar surface area (TPSA) is 100 Å². The smallest absolute Gasteiger partial charge is 0.319 e. The van der Waals surface area contributed by atoms with E-state index in [4.69, 9.17) is 0 Å². The van der Waals surface area contributed by atoms with Crippen molar-refractivity contribution in [3.63, 3.8) is 0 Å². The number of pyridine rings is 1. The molecule has 0 unspecified atom stereocenters. The van der Waals surface area contributed by atoms with Gasteiger partial charge in [-0.25, -0.2) is 17.9 Å². The van der Waals surface area contributed by atoms with Crippen molar-refractivity contribution in [3.05, 3.63) is 90.3 Å². The maximum absolute atomic E-state index is 12.5. The van der Waals surface area contributed by atoms with Crippen LogP contribution in [0.5, 0.6) is 0 Å². The Labute approximate surface area is 163 Å². The standard InChI is InChI=1S/C20H20N4O3S/c25-20(22-14-17-9-11-21-12-10-17)24-18-7-4-8-19(13-18)28(26,27)23-15-16-5-2-1-3-6-16/h1-13,23H,14-15H2,(H2,22,24,25). The van der Waals surface area contributed by atoms with Gasteiger partial charge in [-0.1, -0.05) is 36.4 Å². The Morgan fingerprint density at radius 3 is 2.32 bits per heavy atom. The summed E-state index contributed by atoms with van der Waals surface area (Å²) in [4.78, 5) is 16.0. The zero-order chi connectivity index (χ0) is 19.8. The van der Waals surface area contributed by atoms with E-state index < -0.39 is 16.1 Å². The Morgan fingerprint density at radius 1 is 0.857 bits per heavy atom. The van der Waals surface area contributed by atoms with E-state index in [9.17, 15) is 13.2 Å². The largest absolute Gasteiger partial charge is 0.334 e. The third kappa shape index (κ3) is 5.63. The van der Waals surface area contributed by atoms with Gasteiger partial charge in [-0.15, -0.1) is 0 Å². The maximum Gasteiger partial charge on any atom is 0.319 e. The molecule has 0 atom stereocenters. The van der Waals surface area contributed by atoms with E-state index in [-0.39, 0.29) is 11.4 Å². The Morgan fingerprint density at radius 2 is 1.57 bits per heavy atom. The molecule has 144 valence electrons. The van der Waals surface area contributed by atoms with Crippen molar-refractivity contribution < 1.29 is 13.2 Å². The summed E-state index contributed by atoms with van der Waals surface area (Å²) in [7, 11) is -3.70. The van der Waals surface area contributed by atoms with Crippen LogP contribution in [0.25, 0.3) is 0 Å². The Bertz CT molecular complexity index is 1030. The predicted molar refractivity (Wildman–Crippen MR) is 107 cm³/mol. The molecule has 1 heterocycles. The average Bonchev–Trinajstić information content (AvgIpc) is 2.73. The Kier molecular flexibility index (Phi) is 6.36. The van der Waals surface area contributed by atoms with Crippen LogP contribution < -0.4 is 15.4 Å². The lowest BCUT2D eigenvalue weighted by molar-refractivity contribution is 0.251. The lowest BCUT2D eigenvalue weighted by Gasteiger charge is -2.10. The molecule has 3 N–H and O–H groups in total. The van der Waals surface area contributed by atoms with Crippen molar-refractivity contribution >= 4 is 21.7 Å². The van der Waals surface area contributed by atoms with Crippen LogP contribution in [0.3, 0.4) is 0 Å². The number of carbonyl (C=O) groups is 1. The van der Waals surface area contributed by atoms with Gasteiger partial charge in [0.05, 0.1) is 4.90 Å². The lowest BCUT2D eigenvalue weighted by atomic mass is 10.2. The van der Waals surface area contributed by atoms with Gasteiger partial charge in [0.1, 0.15) is 0 Å².